The topological polar surface area (TPSA) is 59.7 Å². The second-order valence-corrected chi connectivity index (χ2v) is 4.38. The Labute approximate surface area is 104 Å². The number of imidazole rings is 1. The zero-order valence-electron chi connectivity index (χ0n) is 10.1. The van der Waals surface area contributed by atoms with Crippen LogP contribution in [0, 0.1) is 0 Å². The summed E-state index contributed by atoms with van der Waals surface area (Å²) in [5, 5.41) is 0. The van der Waals surface area contributed by atoms with Crippen molar-refractivity contribution in [1.82, 2.24) is 19.3 Å². The summed E-state index contributed by atoms with van der Waals surface area (Å²) in [7, 11) is 0. The molecule has 0 bridgehead atoms. The second kappa shape index (κ2) is 4.38. The summed E-state index contributed by atoms with van der Waals surface area (Å²) < 4.78 is 7.07. The van der Waals surface area contributed by atoms with Crippen LogP contribution in [-0.2, 0) is 4.74 Å². The van der Waals surface area contributed by atoms with Crippen molar-refractivity contribution >= 4 is 11.7 Å². The van der Waals surface area contributed by atoms with E-state index in [-0.39, 0.29) is 11.9 Å². The molecule has 0 N–H and O–H groups in total. The average molecular weight is 246 g/mol. The summed E-state index contributed by atoms with van der Waals surface area (Å²) >= 11 is 0. The molecule has 0 radical (unpaired) electrons. The quantitative estimate of drug-likeness (QED) is 0.739. The molecule has 6 heteroatoms. The fourth-order valence-corrected chi connectivity index (χ4v) is 2.11. The molecule has 6 nitrogen and oxygen atoms in total. The third-order valence-corrected chi connectivity index (χ3v) is 3.08. The molecule has 0 aliphatic carbocycles. The summed E-state index contributed by atoms with van der Waals surface area (Å²) in [6, 6.07) is 1.89. The third-order valence-electron chi connectivity index (χ3n) is 3.08. The van der Waals surface area contributed by atoms with E-state index in [2.05, 4.69) is 9.97 Å². The number of amides is 1. The van der Waals surface area contributed by atoms with Gasteiger partial charge >= 0.3 is 0 Å². The van der Waals surface area contributed by atoms with Gasteiger partial charge in [0.2, 0.25) is 5.78 Å². The largest absolute Gasteiger partial charge is 0.377 e. The number of hydrogen-bond donors (Lipinski definition) is 0. The first-order valence-corrected chi connectivity index (χ1v) is 5.94. The van der Waals surface area contributed by atoms with Crippen LogP contribution in [0.25, 0.3) is 5.78 Å². The highest BCUT2D eigenvalue weighted by Gasteiger charge is 2.26. The van der Waals surface area contributed by atoms with Crippen molar-refractivity contribution in [3.8, 4) is 0 Å². The fraction of sp³-hybridized carbons (Fsp3) is 0.417. The summed E-state index contributed by atoms with van der Waals surface area (Å²) in [4.78, 5) is 22.5. The number of aromatic nitrogens is 3. The maximum Gasteiger partial charge on any atom is 0.274 e. The van der Waals surface area contributed by atoms with Crippen LogP contribution < -0.4 is 0 Å². The van der Waals surface area contributed by atoms with E-state index in [4.69, 9.17) is 4.74 Å². The van der Waals surface area contributed by atoms with E-state index in [1.807, 2.05) is 13.1 Å². The van der Waals surface area contributed by atoms with E-state index in [9.17, 15) is 4.79 Å². The molecule has 1 atom stereocenters. The molecule has 2 aromatic heterocycles. The van der Waals surface area contributed by atoms with E-state index in [1.54, 1.807) is 27.8 Å². The van der Waals surface area contributed by atoms with Crippen molar-refractivity contribution in [1.29, 1.82) is 0 Å². The van der Waals surface area contributed by atoms with Crippen LogP contribution in [0.15, 0.2) is 24.7 Å². The minimum atomic E-state index is -0.0590. The molecule has 1 aliphatic heterocycles. The van der Waals surface area contributed by atoms with Gasteiger partial charge in [0.25, 0.3) is 5.91 Å². The number of carbonyl (C=O) groups excluding carboxylic acids is 1. The summed E-state index contributed by atoms with van der Waals surface area (Å²) in [5.41, 5.74) is 0.433. The van der Waals surface area contributed by atoms with Gasteiger partial charge in [-0.05, 0) is 13.0 Å². The lowest BCUT2D eigenvalue weighted by atomic mass is 10.2. The Balaban J connectivity index is 1.91. The van der Waals surface area contributed by atoms with Gasteiger partial charge in [0.1, 0.15) is 5.69 Å². The highest BCUT2D eigenvalue weighted by Crippen LogP contribution is 2.12. The predicted octanol–water partition coefficient (Wildman–Crippen LogP) is 0.590. The summed E-state index contributed by atoms with van der Waals surface area (Å²) in [5.74, 6) is 0.484. The summed E-state index contributed by atoms with van der Waals surface area (Å²) in [6.07, 6.45) is 5.20. The van der Waals surface area contributed by atoms with Gasteiger partial charge in [0.15, 0.2) is 0 Å². The molecule has 1 fully saturated rings. The maximum atomic E-state index is 12.3. The SMILES string of the molecule is C[C@H]1COCCN1C(=O)c1cn2cccnc2n1. The molecule has 2 aromatic rings. The van der Waals surface area contributed by atoms with Crippen LogP contribution in [0.2, 0.25) is 0 Å². The zero-order chi connectivity index (χ0) is 12.5. The monoisotopic (exact) mass is 246 g/mol. The van der Waals surface area contributed by atoms with Crippen molar-refractivity contribution in [3.05, 3.63) is 30.4 Å². The maximum absolute atomic E-state index is 12.3. The number of morpholine rings is 1. The minimum Gasteiger partial charge on any atom is -0.377 e. The molecule has 3 heterocycles. The van der Waals surface area contributed by atoms with Gasteiger partial charge in [-0.1, -0.05) is 0 Å². The van der Waals surface area contributed by atoms with Crippen molar-refractivity contribution in [2.75, 3.05) is 19.8 Å². The number of fused-ring (bicyclic) bond motifs is 1. The van der Waals surface area contributed by atoms with E-state index < -0.39 is 0 Å². The Kier molecular flexibility index (Phi) is 2.71. The lowest BCUT2D eigenvalue weighted by Gasteiger charge is -2.32. The summed E-state index contributed by atoms with van der Waals surface area (Å²) in [6.45, 7) is 3.76. The molecular weight excluding hydrogens is 232 g/mol. The standard InChI is InChI=1S/C12H14N4O2/c1-9-8-18-6-5-16(9)11(17)10-7-15-4-2-3-13-12(15)14-10/h2-4,7,9H,5-6,8H2,1H3/t9-/m0/s1. The highest BCUT2D eigenvalue weighted by atomic mass is 16.5. The number of nitrogens with zero attached hydrogens (tertiary/aromatic N) is 4. The highest BCUT2D eigenvalue weighted by molar-refractivity contribution is 5.93. The molecular formula is C12H14N4O2. The van der Waals surface area contributed by atoms with Gasteiger partial charge in [-0.3, -0.25) is 9.20 Å². The minimum absolute atomic E-state index is 0.0590. The van der Waals surface area contributed by atoms with Gasteiger partial charge in [-0.2, -0.15) is 0 Å². The van der Waals surface area contributed by atoms with Gasteiger partial charge < -0.3 is 9.64 Å². The number of rotatable bonds is 1. The lowest BCUT2D eigenvalue weighted by Crippen LogP contribution is -2.47. The molecule has 0 aromatic carbocycles. The van der Waals surface area contributed by atoms with Crippen molar-refractivity contribution in [3.63, 3.8) is 0 Å². The van der Waals surface area contributed by atoms with Crippen LogP contribution in [0.5, 0.6) is 0 Å². The Morgan fingerprint density at radius 1 is 1.56 bits per heavy atom. The molecule has 0 spiro atoms. The molecule has 3 rings (SSSR count). The van der Waals surface area contributed by atoms with E-state index in [0.29, 0.717) is 31.2 Å². The number of hydrogen-bond acceptors (Lipinski definition) is 4. The fourth-order valence-electron chi connectivity index (χ4n) is 2.11. The van der Waals surface area contributed by atoms with Crippen LogP contribution >= 0.6 is 0 Å². The van der Waals surface area contributed by atoms with E-state index >= 15 is 0 Å². The third kappa shape index (κ3) is 1.84. The van der Waals surface area contributed by atoms with Crippen molar-refractivity contribution in [2.24, 2.45) is 0 Å². The Morgan fingerprint density at radius 2 is 2.44 bits per heavy atom. The second-order valence-electron chi connectivity index (χ2n) is 4.38. The predicted molar refractivity (Wildman–Crippen MR) is 64.3 cm³/mol. The van der Waals surface area contributed by atoms with E-state index in [1.165, 1.54) is 0 Å². The van der Waals surface area contributed by atoms with Gasteiger partial charge in [-0.25, -0.2) is 9.97 Å². The zero-order valence-corrected chi connectivity index (χ0v) is 10.1. The molecule has 1 amide bonds. The van der Waals surface area contributed by atoms with Gasteiger partial charge in [0, 0.05) is 25.1 Å². The molecule has 1 saturated heterocycles. The first kappa shape index (κ1) is 11.2. The number of ether oxygens (including phenoxy) is 1. The number of carbonyl (C=O) groups is 1. The van der Waals surface area contributed by atoms with Gasteiger partial charge in [-0.15, -0.1) is 0 Å². The molecule has 1 aliphatic rings. The first-order valence-electron chi connectivity index (χ1n) is 5.94. The Bertz CT molecular complexity index is 547. The van der Waals surface area contributed by atoms with Crippen molar-refractivity contribution in [2.45, 2.75) is 13.0 Å². The normalized spacial score (nSPS) is 20.3. The lowest BCUT2D eigenvalue weighted by molar-refractivity contribution is 0.00331. The van der Waals surface area contributed by atoms with Crippen LogP contribution in [0.4, 0.5) is 0 Å². The van der Waals surface area contributed by atoms with Crippen LogP contribution in [0.3, 0.4) is 0 Å². The average Bonchev–Trinajstić information content (AvgIpc) is 2.82. The van der Waals surface area contributed by atoms with E-state index in [0.717, 1.165) is 0 Å². The Hall–Kier alpha value is -1.95. The molecule has 0 saturated carbocycles. The molecule has 94 valence electrons. The Morgan fingerprint density at radius 3 is 3.22 bits per heavy atom. The van der Waals surface area contributed by atoms with Crippen LogP contribution in [0.1, 0.15) is 17.4 Å². The van der Waals surface area contributed by atoms with Gasteiger partial charge in [0.05, 0.1) is 19.3 Å². The smallest absolute Gasteiger partial charge is 0.274 e. The molecule has 18 heavy (non-hydrogen) atoms. The van der Waals surface area contributed by atoms with Crippen LogP contribution in [-0.4, -0.2) is 51.0 Å². The van der Waals surface area contributed by atoms with Crippen molar-refractivity contribution < 1.29 is 9.53 Å². The molecule has 0 unspecified atom stereocenters. The first-order chi connectivity index (χ1) is 8.75.